The molecule has 0 spiro atoms. The van der Waals surface area contributed by atoms with Gasteiger partial charge in [0.15, 0.2) is 0 Å². The number of benzene rings is 2. The second kappa shape index (κ2) is 11.4. The van der Waals surface area contributed by atoms with Gasteiger partial charge in [0.1, 0.15) is 11.3 Å². The monoisotopic (exact) mass is 509 g/mol. The molecule has 4 N–H and O–H groups in total. The van der Waals surface area contributed by atoms with E-state index < -0.39 is 5.54 Å². The number of aryl methyl sites for hydroxylation is 1. The Morgan fingerprint density at radius 3 is 2.47 bits per heavy atom. The van der Waals surface area contributed by atoms with Crippen LogP contribution < -0.4 is 21.3 Å². The zero-order valence-corrected chi connectivity index (χ0v) is 20.7. The Morgan fingerprint density at radius 1 is 1.06 bits per heavy atom. The van der Waals surface area contributed by atoms with Crippen LogP contribution in [0.3, 0.4) is 0 Å². The third kappa shape index (κ3) is 6.10. The SMILES string of the molecule is Cc1oc(-c2ccccc2)nc1CC(=O)NC1(C(=O)NCCNC(=O)c2ccc(Cl)cc2)CCNC1. The van der Waals surface area contributed by atoms with E-state index in [-0.39, 0.29) is 37.2 Å². The highest BCUT2D eigenvalue weighted by Gasteiger charge is 2.42. The van der Waals surface area contributed by atoms with Crippen molar-refractivity contribution in [1.29, 1.82) is 0 Å². The summed E-state index contributed by atoms with van der Waals surface area (Å²) in [6, 6.07) is 16.0. The van der Waals surface area contributed by atoms with Crippen molar-refractivity contribution in [3.8, 4) is 11.5 Å². The number of amides is 3. The van der Waals surface area contributed by atoms with E-state index >= 15 is 0 Å². The Balaban J connectivity index is 1.31. The van der Waals surface area contributed by atoms with Crippen molar-refractivity contribution in [2.75, 3.05) is 26.2 Å². The highest BCUT2D eigenvalue weighted by molar-refractivity contribution is 6.30. The molecule has 1 aromatic heterocycles. The molecule has 0 saturated carbocycles. The Bertz CT molecular complexity index is 1220. The summed E-state index contributed by atoms with van der Waals surface area (Å²) in [5, 5.41) is 12.2. The van der Waals surface area contributed by atoms with Gasteiger partial charge in [-0.25, -0.2) is 4.98 Å². The molecule has 0 radical (unpaired) electrons. The second-order valence-electron chi connectivity index (χ2n) is 8.64. The summed E-state index contributed by atoms with van der Waals surface area (Å²) >= 11 is 5.85. The Hall–Kier alpha value is -3.69. The summed E-state index contributed by atoms with van der Waals surface area (Å²) in [5.41, 5.74) is 0.758. The first-order chi connectivity index (χ1) is 17.4. The molecule has 1 fully saturated rings. The van der Waals surface area contributed by atoms with Crippen LogP contribution in [-0.2, 0) is 16.0 Å². The lowest BCUT2D eigenvalue weighted by molar-refractivity contribution is -0.132. The minimum absolute atomic E-state index is 0.00561. The maximum atomic E-state index is 13.0. The van der Waals surface area contributed by atoms with Gasteiger partial charge in [0.05, 0.1) is 12.1 Å². The quantitative estimate of drug-likeness (QED) is 0.328. The lowest BCUT2D eigenvalue weighted by Crippen LogP contribution is -2.61. The van der Waals surface area contributed by atoms with Crippen LogP contribution in [0.15, 0.2) is 59.0 Å². The number of carbonyl (C=O) groups excluding carboxylic acids is 3. The fourth-order valence-corrected chi connectivity index (χ4v) is 4.16. The van der Waals surface area contributed by atoms with Crippen molar-refractivity contribution >= 4 is 29.3 Å². The Labute approximate surface area is 214 Å². The Morgan fingerprint density at radius 2 is 1.78 bits per heavy atom. The number of nitrogens with zero attached hydrogens (tertiary/aromatic N) is 1. The van der Waals surface area contributed by atoms with Crippen LogP contribution in [0.1, 0.15) is 28.2 Å². The van der Waals surface area contributed by atoms with Gasteiger partial charge in [-0.05, 0) is 56.3 Å². The molecule has 188 valence electrons. The summed E-state index contributed by atoms with van der Waals surface area (Å²) in [4.78, 5) is 42.6. The van der Waals surface area contributed by atoms with Crippen molar-refractivity contribution in [2.45, 2.75) is 25.3 Å². The summed E-state index contributed by atoms with van der Waals surface area (Å²) in [6.45, 7) is 3.14. The summed E-state index contributed by atoms with van der Waals surface area (Å²) in [5.74, 6) is 0.128. The molecule has 4 rings (SSSR count). The molecular formula is C26H28ClN5O4. The number of hydrogen-bond donors (Lipinski definition) is 4. The molecule has 0 bridgehead atoms. The molecule has 1 saturated heterocycles. The van der Waals surface area contributed by atoms with Gasteiger partial charge in [-0.1, -0.05) is 29.8 Å². The highest BCUT2D eigenvalue weighted by atomic mass is 35.5. The highest BCUT2D eigenvalue weighted by Crippen LogP contribution is 2.22. The lowest BCUT2D eigenvalue weighted by atomic mass is 9.96. The molecule has 10 heteroatoms. The first kappa shape index (κ1) is 25.4. The topological polar surface area (TPSA) is 125 Å². The molecule has 3 amide bonds. The average Bonchev–Trinajstić information content (AvgIpc) is 3.50. The van der Waals surface area contributed by atoms with E-state index in [0.717, 1.165) is 5.56 Å². The molecule has 1 aliphatic heterocycles. The minimum Gasteiger partial charge on any atom is -0.441 e. The van der Waals surface area contributed by atoms with E-state index in [0.29, 0.717) is 47.4 Å². The zero-order chi connectivity index (χ0) is 25.5. The van der Waals surface area contributed by atoms with Crippen LogP contribution >= 0.6 is 11.6 Å². The molecule has 36 heavy (non-hydrogen) atoms. The van der Waals surface area contributed by atoms with Crippen molar-refractivity contribution in [3.05, 3.63) is 76.6 Å². The number of hydrogen-bond acceptors (Lipinski definition) is 6. The predicted molar refractivity (Wildman–Crippen MR) is 136 cm³/mol. The summed E-state index contributed by atoms with van der Waals surface area (Å²) in [6.07, 6.45) is 0.448. The third-order valence-electron chi connectivity index (χ3n) is 6.01. The number of halogens is 1. The van der Waals surface area contributed by atoms with Crippen molar-refractivity contribution in [2.24, 2.45) is 0 Å². The Kier molecular flexibility index (Phi) is 8.02. The van der Waals surface area contributed by atoms with Gasteiger partial charge in [-0.15, -0.1) is 0 Å². The molecule has 0 aliphatic carbocycles. The van der Waals surface area contributed by atoms with Gasteiger partial charge in [0, 0.05) is 35.8 Å². The van der Waals surface area contributed by atoms with Crippen LogP contribution in [0.4, 0.5) is 0 Å². The standard InChI is InChI=1S/C26H28ClN5O4/c1-17-21(31-24(36-17)19-5-3-2-4-6-19)15-22(33)32-26(11-12-28-16-26)25(35)30-14-13-29-23(34)18-7-9-20(27)10-8-18/h2-10,28H,11-16H2,1H3,(H,29,34)(H,30,35)(H,32,33). The van der Waals surface area contributed by atoms with Crippen molar-refractivity contribution in [3.63, 3.8) is 0 Å². The number of rotatable bonds is 9. The summed E-state index contributed by atoms with van der Waals surface area (Å²) in [7, 11) is 0. The number of carbonyl (C=O) groups is 3. The van der Waals surface area contributed by atoms with E-state index in [2.05, 4.69) is 26.3 Å². The van der Waals surface area contributed by atoms with E-state index in [9.17, 15) is 14.4 Å². The lowest BCUT2D eigenvalue weighted by Gasteiger charge is -2.28. The number of nitrogens with one attached hydrogen (secondary N) is 4. The first-order valence-corrected chi connectivity index (χ1v) is 12.1. The van der Waals surface area contributed by atoms with Gasteiger partial charge in [-0.2, -0.15) is 0 Å². The first-order valence-electron chi connectivity index (χ1n) is 11.7. The van der Waals surface area contributed by atoms with E-state index in [1.165, 1.54) is 0 Å². The average molecular weight is 510 g/mol. The smallest absolute Gasteiger partial charge is 0.251 e. The molecule has 2 aromatic carbocycles. The van der Waals surface area contributed by atoms with E-state index in [1.54, 1.807) is 31.2 Å². The van der Waals surface area contributed by atoms with Gasteiger partial charge in [-0.3, -0.25) is 14.4 Å². The molecule has 1 atom stereocenters. The van der Waals surface area contributed by atoms with Crippen molar-refractivity contribution in [1.82, 2.24) is 26.3 Å². The van der Waals surface area contributed by atoms with Gasteiger partial charge in [0.2, 0.25) is 17.7 Å². The van der Waals surface area contributed by atoms with Gasteiger partial charge < -0.3 is 25.7 Å². The third-order valence-corrected chi connectivity index (χ3v) is 6.26. The maximum Gasteiger partial charge on any atom is 0.251 e. The van der Waals surface area contributed by atoms with E-state index in [4.69, 9.17) is 16.0 Å². The maximum absolute atomic E-state index is 13.0. The van der Waals surface area contributed by atoms with Gasteiger partial charge >= 0.3 is 0 Å². The predicted octanol–water partition coefficient (Wildman–Crippen LogP) is 2.24. The number of aromatic nitrogens is 1. The van der Waals surface area contributed by atoms with E-state index in [1.807, 2.05) is 30.3 Å². The molecule has 3 aromatic rings. The van der Waals surface area contributed by atoms with Crippen LogP contribution in [0.2, 0.25) is 5.02 Å². The molecule has 1 unspecified atom stereocenters. The fourth-order valence-electron chi connectivity index (χ4n) is 4.03. The number of oxazole rings is 1. The van der Waals surface area contributed by atoms with Crippen LogP contribution in [0.25, 0.3) is 11.5 Å². The summed E-state index contributed by atoms with van der Waals surface area (Å²) < 4.78 is 5.74. The largest absolute Gasteiger partial charge is 0.441 e. The van der Waals surface area contributed by atoms with Crippen LogP contribution in [0.5, 0.6) is 0 Å². The molecular weight excluding hydrogens is 482 g/mol. The molecule has 1 aliphatic rings. The molecule has 9 nitrogen and oxygen atoms in total. The fraction of sp³-hybridized carbons (Fsp3) is 0.308. The normalized spacial score (nSPS) is 16.9. The van der Waals surface area contributed by atoms with Crippen LogP contribution in [-0.4, -0.2) is 54.4 Å². The van der Waals surface area contributed by atoms with Gasteiger partial charge in [0.25, 0.3) is 5.91 Å². The van der Waals surface area contributed by atoms with Crippen LogP contribution in [0, 0.1) is 6.92 Å². The second-order valence-corrected chi connectivity index (χ2v) is 9.08. The molecule has 2 heterocycles. The zero-order valence-electron chi connectivity index (χ0n) is 19.9. The van der Waals surface area contributed by atoms with Crippen molar-refractivity contribution < 1.29 is 18.8 Å². The minimum atomic E-state index is -1.07.